The lowest BCUT2D eigenvalue weighted by Crippen LogP contribution is -2.56. The summed E-state index contributed by atoms with van der Waals surface area (Å²) in [4.78, 5) is 63.3. The molecule has 2 aliphatic rings. The first-order valence-corrected chi connectivity index (χ1v) is 13.2. The maximum atomic E-state index is 13.0. The molecular weight excluding hydrogens is 468 g/mol. The zero-order valence-corrected chi connectivity index (χ0v) is 20.5. The molecule has 0 spiro atoms. The first kappa shape index (κ1) is 26.8. The van der Waals surface area contributed by atoms with E-state index in [4.69, 9.17) is 4.74 Å². The van der Waals surface area contributed by atoms with Crippen LogP contribution in [0.1, 0.15) is 33.6 Å². The standard InChI is InChI=1S/C21H30N4O6S2/c1-4-14-19(28)22-10-17(27)31-13-7-5-6-8-32-33-11-15(20(29)23-14)24-21(30)18(12(2)3)25-16(26)9-13/h4-5,7,12-13,15,18H,6,8-11H2,1-3H3,(H,22,28)(H,23,29)(H,24,30)(H,25,26)/b7-5+,14-4-/t13-,15?,18-/m1/s1. The molecule has 182 valence electrons. The van der Waals surface area contributed by atoms with Crippen molar-refractivity contribution >= 4 is 51.2 Å². The second-order valence-electron chi connectivity index (χ2n) is 7.78. The number of carbonyl (C=O) groups excluding carboxylic acids is 5. The van der Waals surface area contributed by atoms with Crippen LogP contribution in [0.15, 0.2) is 23.9 Å². The summed E-state index contributed by atoms with van der Waals surface area (Å²) in [6.45, 7) is 4.68. The highest BCUT2D eigenvalue weighted by atomic mass is 33.1. The Hall–Kier alpha value is -2.47. The predicted molar refractivity (Wildman–Crippen MR) is 127 cm³/mol. The molecule has 0 aliphatic carbocycles. The lowest BCUT2D eigenvalue weighted by atomic mass is 10.0. The number of nitrogens with one attached hydrogen (secondary N) is 4. The van der Waals surface area contributed by atoms with E-state index in [1.807, 2.05) is 6.08 Å². The van der Waals surface area contributed by atoms with Crippen molar-refractivity contribution in [2.45, 2.75) is 51.8 Å². The van der Waals surface area contributed by atoms with Gasteiger partial charge in [-0.15, -0.1) is 0 Å². The van der Waals surface area contributed by atoms with Crippen LogP contribution < -0.4 is 21.3 Å². The van der Waals surface area contributed by atoms with E-state index in [2.05, 4.69) is 21.3 Å². The summed E-state index contributed by atoms with van der Waals surface area (Å²) < 4.78 is 5.38. The van der Waals surface area contributed by atoms with Crippen molar-refractivity contribution in [2.24, 2.45) is 5.92 Å². The maximum absolute atomic E-state index is 13.0. The van der Waals surface area contributed by atoms with E-state index in [0.717, 1.165) is 0 Å². The molecule has 0 aromatic carbocycles. The smallest absolute Gasteiger partial charge is 0.326 e. The molecule has 2 bridgehead atoms. The third-order valence-electron chi connectivity index (χ3n) is 4.79. The average Bonchev–Trinajstić information content (AvgIpc) is 2.76. The summed E-state index contributed by atoms with van der Waals surface area (Å²) in [7, 11) is 2.94. The van der Waals surface area contributed by atoms with Crippen LogP contribution in [-0.2, 0) is 28.7 Å². The number of allylic oxidation sites excluding steroid dienone is 2. The summed E-state index contributed by atoms with van der Waals surface area (Å²) >= 11 is 0. The van der Waals surface area contributed by atoms with E-state index in [1.165, 1.54) is 27.7 Å². The average molecular weight is 499 g/mol. The topological polar surface area (TPSA) is 143 Å². The summed E-state index contributed by atoms with van der Waals surface area (Å²) in [6, 6.07) is -1.84. The van der Waals surface area contributed by atoms with Gasteiger partial charge in [0.05, 0.1) is 6.42 Å². The fourth-order valence-corrected chi connectivity index (χ4v) is 5.18. The third-order valence-corrected chi connectivity index (χ3v) is 7.24. The summed E-state index contributed by atoms with van der Waals surface area (Å²) in [6.07, 6.45) is 4.48. The minimum absolute atomic E-state index is 0.0497. The number of amides is 4. The molecule has 4 amide bonds. The highest BCUT2D eigenvalue weighted by Crippen LogP contribution is 2.23. The molecule has 0 saturated carbocycles. The SMILES string of the molecule is C/C=C1\NC(=O)C2CSSCC/C=C/[C@H](CC(=O)N[C@H](C(C)C)C(=O)N2)OC(=O)CNC1=O. The molecule has 12 heteroatoms. The van der Waals surface area contributed by atoms with Crippen molar-refractivity contribution < 1.29 is 28.7 Å². The molecule has 2 aliphatic heterocycles. The molecule has 10 nitrogen and oxygen atoms in total. The fraction of sp³-hybridized carbons (Fsp3) is 0.571. The molecule has 2 rings (SSSR count). The Labute approximate surface area is 200 Å². The Kier molecular flexibility index (Phi) is 10.8. The van der Waals surface area contributed by atoms with Gasteiger partial charge in [0.25, 0.3) is 5.91 Å². The van der Waals surface area contributed by atoms with E-state index >= 15 is 0 Å². The van der Waals surface area contributed by atoms with Gasteiger partial charge in [0, 0.05) is 11.5 Å². The highest BCUT2D eigenvalue weighted by molar-refractivity contribution is 8.76. The van der Waals surface area contributed by atoms with E-state index in [9.17, 15) is 24.0 Å². The second-order valence-corrected chi connectivity index (χ2v) is 10.4. The number of esters is 1. The summed E-state index contributed by atoms with van der Waals surface area (Å²) in [5.74, 6) is -2.25. The van der Waals surface area contributed by atoms with Gasteiger partial charge in [0.15, 0.2) is 0 Å². The Balaban J connectivity index is 2.45. The lowest BCUT2D eigenvalue weighted by molar-refractivity contribution is -0.148. The maximum Gasteiger partial charge on any atom is 0.326 e. The number of rotatable bonds is 1. The van der Waals surface area contributed by atoms with Crippen LogP contribution in [0.3, 0.4) is 0 Å². The van der Waals surface area contributed by atoms with Crippen LogP contribution in [0, 0.1) is 5.92 Å². The molecule has 0 aromatic rings. The van der Waals surface area contributed by atoms with Crippen molar-refractivity contribution in [1.82, 2.24) is 21.3 Å². The van der Waals surface area contributed by atoms with Crippen molar-refractivity contribution in [3.05, 3.63) is 23.9 Å². The van der Waals surface area contributed by atoms with E-state index in [0.29, 0.717) is 12.2 Å². The molecule has 1 saturated heterocycles. The number of ether oxygens (including phenoxy) is 1. The zero-order chi connectivity index (χ0) is 24.4. The minimum atomic E-state index is -0.942. The Bertz CT molecular complexity index is 830. The monoisotopic (exact) mass is 498 g/mol. The van der Waals surface area contributed by atoms with Crippen molar-refractivity contribution in [1.29, 1.82) is 0 Å². The van der Waals surface area contributed by atoms with E-state index in [-0.39, 0.29) is 23.8 Å². The largest absolute Gasteiger partial charge is 0.456 e. The molecule has 4 N–H and O–H groups in total. The van der Waals surface area contributed by atoms with Crippen LogP contribution >= 0.6 is 21.6 Å². The fourth-order valence-electron chi connectivity index (χ4n) is 3.02. The van der Waals surface area contributed by atoms with Crippen LogP contribution in [0.5, 0.6) is 0 Å². The normalized spacial score (nSPS) is 28.8. The predicted octanol–water partition coefficient (Wildman–Crippen LogP) is 0.405. The van der Waals surface area contributed by atoms with Gasteiger partial charge in [-0.05, 0) is 25.3 Å². The summed E-state index contributed by atoms with van der Waals surface area (Å²) in [5, 5.41) is 10.3. The van der Waals surface area contributed by atoms with Gasteiger partial charge in [-0.1, -0.05) is 47.6 Å². The molecule has 1 unspecified atom stereocenters. The van der Waals surface area contributed by atoms with Crippen molar-refractivity contribution in [2.75, 3.05) is 18.1 Å². The highest BCUT2D eigenvalue weighted by Gasteiger charge is 2.31. The van der Waals surface area contributed by atoms with Crippen LogP contribution in [0.4, 0.5) is 0 Å². The van der Waals surface area contributed by atoms with Crippen LogP contribution in [0.25, 0.3) is 0 Å². The van der Waals surface area contributed by atoms with Crippen molar-refractivity contribution in [3.63, 3.8) is 0 Å². The number of carbonyl (C=O) groups is 5. The van der Waals surface area contributed by atoms with Crippen LogP contribution in [0.2, 0.25) is 0 Å². The van der Waals surface area contributed by atoms with Gasteiger partial charge in [-0.2, -0.15) is 0 Å². The number of fused-ring (bicyclic) bond motifs is 7. The van der Waals surface area contributed by atoms with Gasteiger partial charge in [-0.3, -0.25) is 24.0 Å². The quantitative estimate of drug-likeness (QED) is 0.176. The lowest BCUT2D eigenvalue weighted by Gasteiger charge is -2.26. The van der Waals surface area contributed by atoms with E-state index < -0.39 is 54.3 Å². The van der Waals surface area contributed by atoms with Crippen LogP contribution in [-0.4, -0.2) is 65.8 Å². The molecule has 33 heavy (non-hydrogen) atoms. The number of hydrogen-bond acceptors (Lipinski definition) is 8. The van der Waals surface area contributed by atoms with E-state index in [1.54, 1.807) is 26.8 Å². The Morgan fingerprint density at radius 3 is 2.55 bits per heavy atom. The number of hydrogen-bond donors (Lipinski definition) is 4. The molecule has 3 atom stereocenters. The zero-order valence-electron chi connectivity index (χ0n) is 18.8. The van der Waals surface area contributed by atoms with Gasteiger partial charge >= 0.3 is 5.97 Å². The Morgan fingerprint density at radius 1 is 1.09 bits per heavy atom. The molecule has 0 aromatic heterocycles. The van der Waals surface area contributed by atoms with Gasteiger partial charge < -0.3 is 26.0 Å². The van der Waals surface area contributed by atoms with Crippen molar-refractivity contribution in [3.8, 4) is 0 Å². The molecule has 1 fully saturated rings. The second kappa shape index (κ2) is 13.3. The molecule has 2 heterocycles. The molecular formula is C21H30N4O6S2. The Morgan fingerprint density at radius 2 is 1.85 bits per heavy atom. The van der Waals surface area contributed by atoms with Gasteiger partial charge in [0.1, 0.15) is 30.4 Å². The first-order chi connectivity index (χ1) is 15.7. The van der Waals surface area contributed by atoms with Gasteiger partial charge in [0.2, 0.25) is 17.7 Å². The molecule has 0 radical (unpaired) electrons. The van der Waals surface area contributed by atoms with Gasteiger partial charge in [-0.25, -0.2) is 0 Å². The first-order valence-electron chi connectivity index (χ1n) is 10.7. The summed E-state index contributed by atoms with van der Waals surface area (Å²) in [5.41, 5.74) is -0.0497. The third kappa shape index (κ3) is 8.77. The minimum Gasteiger partial charge on any atom is -0.456 e.